The van der Waals surface area contributed by atoms with Gasteiger partial charge in [0.1, 0.15) is 12.4 Å². The molecule has 146 valence electrons. The van der Waals surface area contributed by atoms with Crippen molar-refractivity contribution in [3.8, 4) is 5.75 Å². The molecule has 1 N–H and O–H groups in total. The lowest BCUT2D eigenvalue weighted by Gasteiger charge is -2.13. The van der Waals surface area contributed by atoms with Crippen LogP contribution >= 0.6 is 11.3 Å². The third-order valence-corrected chi connectivity index (χ3v) is 5.60. The van der Waals surface area contributed by atoms with Crippen LogP contribution in [-0.4, -0.2) is 15.7 Å². The lowest BCUT2D eigenvalue weighted by atomic mass is 10.1. The lowest BCUT2D eigenvalue weighted by molar-refractivity contribution is 0.0944. The number of hydrogen-bond acceptors (Lipinski definition) is 4. The summed E-state index contributed by atoms with van der Waals surface area (Å²) < 4.78 is 7.76. The number of ether oxygens (including phenoxy) is 1. The maximum atomic E-state index is 12.6. The van der Waals surface area contributed by atoms with Gasteiger partial charge >= 0.3 is 0 Å². The summed E-state index contributed by atoms with van der Waals surface area (Å²) in [5.41, 5.74) is 4.10. The standard InChI is InChI=1S/C22H25N3O2S/c1-5-8-18-9-6-7-10-20(18)27-13-17-11-21(28-14-17)22(26)24-15(2)19-12-23-25(4)16(19)3/h5-12,14-15H,13H2,1-4H3,(H,24,26)/b8-5+. The van der Waals surface area contributed by atoms with Crippen LogP contribution < -0.4 is 10.1 Å². The summed E-state index contributed by atoms with van der Waals surface area (Å²) in [6, 6.07) is 9.70. The van der Waals surface area contributed by atoms with Gasteiger partial charge in [0.25, 0.3) is 5.91 Å². The molecule has 0 radical (unpaired) electrons. The van der Waals surface area contributed by atoms with Crippen LogP contribution in [0.15, 0.2) is 48.0 Å². The van der Waals surface area contributed by atoms with Crippen LogP contribution in [0.25, 0.3) is 6.08 Å². The average molecular weight is 396 g/mol. The zero-order chi connectivity index (χ0) is 20.1. The number of aryl methyl sites for hydroxylation is 1. The van der Waals surface area contributed by atoms with Gasteiger partial charge in [0.15, 0.2) is 0 Å². The summed E-state index contributed by atoms with van der Waals surface area (Å²) in [6.07, 6.45) is 5.81. The van der Waals surface area contributed by atoms with Crippen LogP contribution in [0.4, 0.5) is 0 Å². The highest BCUT2D eigenvalue weighted by molar-refractivity contribution is 7.12. The number of carbonyl (C=O) groups excluding carboxylic acids is 1. The van der Waals surface area contributed by atoms with Crippen molar-refractivity contribution >= 4 is 23.3 Å². The third kappa shape index (κ3) is 4.51. The van der Waals surface area contributed by atoms with E-state index in [-0.39, 0.29) is 11.9 Å². The van der Waals surface area contributed by atoms with Crippen molar-refractivity contribution < 1.29 is 9.53 Å². The number of allylic oxidation sites excluding steroid dienone is 1. The highest BCUT2D eigenvalue weighted by atomic mass is 32.1. The Kier molecular flexibility index (Phi) is 6.31. The Labute approximate surface area is 169 Å². The minimum absolute atomic E-state index is 0.0821. The zero-order valence-electron chi connectivity index (χ0n) is 16.6. The van der Waals surface area contributed by atoms with Gasteiger partial charge in [-0.3, -0.25) is 9.48 Å². The van der Waals surface area contributed by atoms with Gasteiger partial charge in [-0.2, -0.15) is 5.10 Å². The fourth-order valence-electron chi connectivity index (χ4n) is 2.95. The van der Waals surface area contributed by atoms with E-state index in [1.165, 1.54) is 11.3 Å². The molecule has 0 spiro atoms. The zero-order valence-corrected chi connectivity index (χ0v) is 17.4. The average Bonchev–Trinajstić information content (AvgIpc) is 3.29. The van der Waals surface area contributed by atoms with E-state index in [2.05, 4.69) is 10.4 Å². The fraction of sp³-hybridized carbons (Fsp3) is 0.273. The Balaban J connectivity index is 1.62. The van der Waals surface area contributed by atoms with Crippen LogP contribution in [0.3, 0.4) is 0 Å². The van der Waals surface area contributed by atoms with E-state index in [1.807, 2.05) is 80.4 Å². The summed E-state index contributed by atoms with van der Waals surface area (Å²) in [5.74, 6) is 0.750. The molecule has 1 unspecified atom stereocenters. The number of rotatable bonds is 7. The number of nitrogens with one attached hydrogen (secondary N) is 1. The van der Waals surface area contributed by atoms with Crippen molar-refractivity contribution in [2.24, 2.45) is 7.05 Å². The molecule has 28 heavy (non-hydrogen) atoms. The largest absolute Gasteiger partial charge is 0.488 e. The van der Waals surface area contributed by atoms with E-state index in [0.717, 1.165) is 28.1 Å². The molecule has 3 rings (SSSR count). The molecule has 0 bridgehead atoms. The van der Waals surface area contributed by atoms with Crippen LogP contribution in [0.2, 0.25) is 0 Å². The molecule has 0 saturated carbocycles. The van der Waals surface area contributed by atoms with Crippen molar-refractivity contribution in [3.63, 3.8) is 0 Å². The summed E-state index contributed by atoms with van der Waals surface area (Å²) in [5, 5.41) is 9.25. The molecule has 1 atom stereocenters. The van der Waals surface area contributed by atoms with Crippen molar-refractivity contribution in [1.29, 1.82) is 0 Å². The maximum Gasteiger partial charge on any atom is 0.261 e. The molecule has 6 heteroatoms. The second-order valence-corrected chi connectivity index (χ2v) is 7.56. The van der Waals surface area contributed by atoms with Gasteiger partial charge < -0.3 is 10.1 Å². The van der Waals surface area contributed by atoms with Gasteiger partial charge in [-0.1, -0.05) is 30.4 Å². The Morgan fingerprint density at radius 2 is 2.18 bits per heavy atom. The minimum atomic E-state index is -0.101. The van der Waals surface area contributed by atoms with Crippen LogP contribution in [0, 0.1) is 6.92 Å². The SMILES string of the molecule is C/C=C/c1ccccc1OCc1csc(C(=O)NC(C)c2cnn(C)c2C)c1. The monoisotopic (exact) mass is 395 g/mol. The second-order valence-electron chi connectivity index (χ2n) is 6.65. The van der Waals surface area contributed by atoms with Gasteiger partial charge in [0.05, 0.1) is 17.1 Å². The van der Waals surface area contributed by atoms with Crippen molar-refractivity contribution in [1.82, 2.24) is 15.1 Å². The van der Waals surface area contributed by atoms with Gasteiger partial charge in [-0.25, -0.2) is 0 Å². The van der Waals surface area contributed by atoms with Crippen molar-refractivity contribution in [2.75, 3.05) is 0 Å². The van der Waals surface area contributed by atoms with E-state index < -0.39 is 0 Å². The summed E-state index contributed by atoms with van der Waals surface area (Å²) in [7, 11) is 1.90. The number of aromatic nitrogens is 2. The molecule has 0 fully saturated rings. The van der Waals surface area contributed by atoms with Crippen molar-refractivity contribution in [3.05, 3.63) is 75.2 Å². The number of para-hydroxylation sites is 1. The predicted octanol–water partition coefficient (Wildman–Crippen LogP) is 4.89. The molecule has 0 aliphatic heterocycles. The Morgan fingerprint density at radius 3 is 2.89 bits per heavy atom. The number of hydrogen-bond donors (Lipinski definition) is 1. The van der Waals surface area contributed by atoms with E-state index in [9.17, 15) is 4.79 Å². The molecule has 1 aromatic carbocycles. The normalized spacial score (nSPS) is 12.3. The first-order valence-corrected chi connectivity index (χ1v) is 10.1. The molecular formula is C22H25N3O2S. The molecule has 0 aliphatic carbocycles. The van der Waals surface area contributed by atoms with E-state index in [4.69, 9.17) is 4.74 Å². The molecule has 0 saturated heterocycles. The fourth-order valence-corrected chi connectivity index (χ4v) is 3.75. The maximum absolute atomic E-state index is 12.6. The smallest absolute Gasteiger partial charge is 0.261 e. The molecule has 1 amide bonds. The third-order valence-electron chi connectivity index (χ3n) is 4.62. The van der Waals surface area contributed by atoms with E-state index in [1.54, 1.807) is 6.20 Å². The van der Waals surface area contributed by atoms with Gasteiger partial charge in [-0.15, -0.1) is 11.3 Å². The van der Waals surface area contributed by atoms with Crippen LogP contribution in [-0.2, 0) is 13.7 Å². The molecular weight excluding hydrogens is 370 g/mol. The van der Waals surface area contributed by atoms with Crippen LogP contribution in [0.5, 0.6) is 5.75 Å². The number of carbonyl (C=O) groups is 1. The van der Waals surface area contributed by atoms with Crippen molar-refractivity contribution in [2.45, 2.75) is 33.4 Å². The summed E-state index contributed by atoms with van der Waals surface area (Å²) in [4.78, 5) is 13.3. The highest BCUT2D eigenvalue weighted by Crippen LogP contribution is 2.23. The van der Waals surface area contributed by atoms with Gasteiger partial charge in [0, 0.05) is 29.4 Å². The predicted molar refractivity (Wildman–Crippen MR) is 114 cm³/mol. The highest BCUT2D eigenvalue weighted by Gasteiger charge is 2.17. The Hall–Kier alpha value is -2.86. The Morgan fingerprint density at radius 1 is 1.39 bits per heavy atom. The molecule has 5 nitrogen and oxygen atoms in total. The minimum Gasteiger partial charge on any atom is -0.488 e. The number of thiophene rings is 1. The van der Waals surface area contributed by atoms with Crippen LogP contribution in [0.1, 0.15) is 51.9 Å². The molecule has 2 aromatic heterocycles. The van der Waals surface area contributed by atoms with Gasteiger partial charge in [-0.05, 0) is 38.3 Å². The first kappa shape index (κ1) is 19.9. The quantitative estimate of drug-likeness (QED) is 0.619. The molecule has 2 heterocycles. The number of nitrogens with zero attached hydrogens (tertiary/aromatic N) is 2. The second kappa shape index (κ2) is 8.89. The van der Waals surface area contributed by atoms with E-state index in [0.29, 0.717) is 11.5 Å². The molecule has 3 aromatic rings. The van der Waals surface area contributed by atoms with E-state index >= 15 is 0 Å². The lowest BCUT2D eigenvalue weighted by Crippen LogP contribution is -2.26. The number of amides is 1. The Bertz CT molecular complexity index is 987. The van der Waals surface area contributed by atoms with Gasteiger partial charge in [0.2, 0.25) is 0 Å². The number of benzene rings is 1. The molecule has 0 aliphatic rings. The summed E-state index contributed by atoms with van der Waals surface area (Å²) >= 11 is 1.43. The first-order valence-electron chi connectivity index (χ1n) is 9.21. The topological polar surface area (TPSA) is 56.1 Å². The summed E-state index contributed by atoms with van der Waals surface area (Å²) in [6.45, 7) is 6.37. The first-order chi connectivity index (χ1) is 13.5.